The molecule has 8 nitrogen and oxygen atoms in total. The Morgan fingerprint density at radius 2 is 1.96 bits per heavy atom. The van der Waals surface area contributed by atoms with E-state index in [9.17, 15) is 23.1 Å². The lowest BCUT2D eigenvalue weighted by molar-refractivity contribution is -0.139. The number of carbonyl (C=O) groups is 2. The van der Waals surface area contributed by atoms with Gasteiger partial charge < -0.3 is 14.6 Å². The third-order valence-electron chi connectivity index (χ3n) is 3.41. The number of carboxylic acids is 1. The highest BCUT2D eigenvalue weighted by Crippen LogP contribution is 2.26. The molecule has 0 bridgehead atoms. The number of carboxylic acid groups (broad SMARTS) is 1. The van der Waals surface area contributed by atoms with Crippen LogP contribution < -0.4 is 9.46 Å². The number of methoxy groups -OCH3 is 1. The van der Waals surface area contributed by atoms with Gasteiger partial charge in [-0.15, -0.1) is 0 Å². The van der Waals surface area contributed by atoms with Crippen LogP contribution >= 0.6 is 0 Å². The van der Waals surface area contributed by atoms with Crippen LogP contribution in [0.25, 0.3) is 0 Å². The Bertz CT molecular complexity index is 715. The number of sulfonamides is 1. The molecular formula is C16H23NO7S. The van der Waals surface area contributed by atoms with Gasteiger partial charge in [0.1, 0.15) is 16.7 Å². The number of nitrogens with one attached hydrogen (secondary N) is 1. The monoisotopic (exact) mass is 373 g/mol. The highest BCUT2D eigenvalue weighted by molar-refractivity contribution is 7.89. The first-order valence-electron chi connectivity index (χ1n) is 7.87. The minimum Gasteiger partial charge on any atom is -0.495 e. The first-order valence-corrected chi connectivity index (χ1v) is 9.35. The molecule has 0 aliphatic rings. The van der Waals surface area contributed by atoms with Gasteiger partial charge in [0.2, 0.25) is 10.0 Å². The number of aliphatic carboxylic acids is 1. The summed E-state index contributed by atoms with van der Waals surface area (Å²) in [5.41, 5.74) is 0.0310. The van der Waals surface area contributed by atoms with E-state index in [1.54, 1.807) is 6.92 Å². The van der Waals surface area contributed by atoms with Gasteiger partial charge in [0.25, 0.3) is 0 Å². The molecule has 0 aliphatic carbocycles. The van der Waals surface area contributed by atoms with Crippen LogP contribution in [0.4, 0.5) is 0 Å². The van der Waals surface area contributed by atoms with E-state index < -0.39 is 28.0 Å². The molecule has 0 aliphatic heterocycles. The van der Waals surface area contributed by atoms with Gasteiger partial charge in [0.05, 0.1) is 19.3 Å². The van der Waals surface area contributed by atoms with Crippen molar-refractivity contribution < 1.29 is 32.6 Å². The Balaban J connectivity index is 3.23. The zero-order valence-electron chi connectivity index (χ0n) is 14.4. The highest BCUT2D eigenvalue weighted by Gasteiger charge is 2.28. The maximum Gasteiger partial charge on any atom is 0.338 e. The van der Waals surface area contributed by atoms with E-state index in [0.29, 0.717) is 6.42 Å². The van der Waals surface area contributed by atoms with Crippen LogP contribution in [0, 0.1) is 0 Å². The minimum atomic E-state index is -4.21. The molecule has 1 aromatic rings. The number of hydrogen-bond donors (Lipinski definition) is 2. The number of carbonyl (C=O) groups excluding carboxylic acids is 1. The second-order valence-corrected chi connectivity index (χ2v) is 6.92. The van der Waals surface area contributed by atoms with Crippen molar-refractivity contribution >= 4 is 22.0 Å². The molecule has 0 amide bonds. The highest BCUT2D eigenvalue weighted by atomic mass is 32.2. The van der Waals surface area contributed by atoms with Crippen LogP contribution in [0.2, 0.25) is 0 Å². The molecule has 140 valence electrons. The third kappa shape index (κ3) is 5.71. The van der Waals surface area contributed by atoms with Gasteiger partial charge in [-0.2, -0.15) is 4.72 Å². The van der Waals surface area contributed by atoms with E-state index in [1.165, 1.54) is 19.2 Å². The molecule has 1 aromatic carbocycles. The number of benzene rings is 1. The lowest BCUT2D eigenvalue weighted by atomic mass is 10.1. The van der Waals surface area contributed by atoms with Crippen molar-refractivity contribution in [3.8, 4) is 5.75 Å². The fourth-order valence-corrected chi connectivity index (χ4v) is 3.54. The fraction of sp³-hybridized carbons (Fsp3) is 0.500. The second-order valence-electron chi connectivity index (χ2n) is 5.24. The maximum atomic E-state index is 12.6. The molecule has 0 heterocycles. The number of esters is 1. The molecule has 0 fully saturated rings. The molecule has 1 rings (SSSR count). The average molecular weight is 373 g/mol. The van der Waals surface area contributed by atoms with Crippen LogP contribution in [-0.2, 0) is 19.6 Å². The smallest absolute Gasteiger partial charge is 0.338 e. The standard InChI is InChI=1S/C16H23NO7S/c1-4-6-7-12(15(18)19)17-25(21,22)14-10-11(16(20)24-5-2)8-9-13(14)23-3/h8-10,12,17H,4-7H2,1-3H3,(H,18,19)/t12-/m0/s1. The molecule has 25 heavy (non-hydrogen) atoms. The van der Waals surface area contributed by atoms with E-state index >= 15 is 0 Å². The predicted molar refractivity (Wildman–Crippen MR) is 90.2 cm³/mol. The minimum absolute atomic E-state index is 0.000166. The van der Waals surface area contributed by atoms with Gasteiger partial charge in [0.15, 0.2) is 0 Å². The predicted octanol–water partition coefficient (Wildman–Crippen LogP) is 1.79. The van der Waals surface area contributed by atoms with Crippen molar-refractivity contribution in [3.63, 3.8) is 0 Å². The van der Waals surface area contributed by atoms with Crippen LogP contribution in [0.5, 0.6) is 5.75 Å². The van der Waals surface area contributed by atoms with E-state index in [2.05, 4.69) is 4.72 Å². The van der Waals surface area contributed by atoms with Crippen LogP contribution in [-0.4, -0.2) is 45.2 Å². The summed E-state index contributed by atoms with van der Waals surface area (Å²) in [7, 11) is -2.93. The summed E-state index contributed by atoms with van der Waals surface area (Å²) >= 11 is 0. The van der Waals surface area contributed by atoms with Gasteiger partial charge >= 0.3 is 11.9 Å². The Morgan fingerprint density at radius 3 is 2.48 bits per heavy atom. The lowest BCUT2D eigenvalue weighted by Gasteiger charge is -2.16. The van der Waals surface area contributed by atoms with Gasteiger partial charge in [-0.25, -0.2) is 13.2 Å². The largest absolute Gasteiger partial charge is 0.495 e. The summed E-state index contributed by atoms with van der Waals surface area (Å²) in [6.45, 7) is 3.65. The van der Waals surface area contributed by atoms with Crippen LogP contribution in [0.1, 0.15) is 43.5 Å². The normalized spacial score (nSPS) is 12.4. The topological polar surface area (TPSA) is 119 Å². The molecule has 0 saturated heterocycles. The summed E-state index contributed by atoms with van der Waals surface area (Å²) in [5, 5.41) is 9.22. The number of rotatable bonds is 10. The van der Waals surface area contributed by atoms with Crippen LogP contribution in [0.15, 0.2) is 23.1 Å². The molecule has 1 atom stereocenters. The van der Waals surface area contributed by atoms with Gasteiger partial charge in [-0.3, -0.25) is 4.79 Å². The molecule has 0 saturated carbocycles. The van der Waals surface area contributed by atoms with Gasteiger partial charge in [0, 0.05) is 0 Å². The number of unbranched alkanes of at least 4 members (excludes halogenated alkanes) is 1. The van der Waals surface area contributed by atoms with E-state index in [0.717, 1.165) is 12.5 Å². The summed E-state index contributed by atoms with van der Waals surface area (Å²) in [6, 6.07) is 2.54. The van der Waals surface area contributed by atoms with E-state index in [4.69, 9.17) is 9.47 Å². The molecular weight excluding hydrogens is 350 g/mol. The van der Waals surface area contributed by atoms with E-state index in [-0.39, 0.29) is 29.2 Å². The van der Waals surface area contributed by atoms with Crippen LogP contribution in [0.3, 0.4) is 0 Å². The summed E-state index contributed by atoms with van der Waals surface area (Å²) in [6.07, 6.45) is 1.44. The Kier molecular flexibility index (Phi) is 7.85. The van der Waals surface area contributed by atoms with Crippen molar-refractivity contribution in [3.05, 3.63) is 23.8 Å². The first kappa shape index (κ1) is 20.9. The fourth-order valence-electron chi connectivity index (χ4n) is 2.12. The van der Waals surface area contributed by atoms with Gasteiger partial charge in [-0.05, 0) is 31.5 Å². The lowest BCUT2D eigenvalue weighted by Crippen LogP contribution is -2.40. The number of ether oxygens (including phenoxy) is 2. The van der Waals surface area contributed by atoms with E-state index in [1.807, 2.05) is 6.92 Å². The molecule has 0 unspecified atom stereocenters. The quantitative estimate of drug-likeness (QED) is 0.600. The van der Waals surface area contributed by atoms with Crippen molar-refractivity contribution in [1.29, 1.82) is 0 Å². The summed E-state index contributed by atoms with van der Waals surface area (Å²) in [5.74, 6) is -1.94. The zero-order chi connectivity index (χ0) is 19.0. The Morgan fingerprint density at radius 1 is 1.28 bits per heavy atom. The molecule has 9 heteroatoms. The SMILES string of the molecule is CCCC[C@H](NS(=O)(=O)c1cc(C(=O)OCC)ccc1OC)C(=O)O. The second kappa shape index (κ2) is 9.38. The number of hydrogen-bond acceptors (Lipinski definition) is 6. The first-order chi connectivity index (χ1) is 11.8. The molecule has 0 spiro atoms. The average Bonchev–Trinajstić information content (AvgIpc) is 2.57. The Hall–Kier alpha value is -2.13. The van der Waals surface area contributed by atoms with Crippen molar-refractivity contribution in [2.24, 2.45) is 0 Å². The van der Waals surface area contributed by atoms with Gasteiger partial charge in [-0.1, -0.05) is 19.8 Å². The Labute approximate surface area is 147 Å². The van der Waals surface area contributed by atoms with Crippen molar-refractivity contribution in [1.82, 2.24) is 4.72 Å². The molecule has 2 N–H and O–H groups in total. The zero-order valence-corrected chi connectivity index (χ0v) is 15.3. The third-order valence-corrected chi connectivity index (χ3v) is 4.90. The molecule has 0 aromatic heterocycles. The summed E-state index contributed by atoms with van der Waals surface area (Å²) in [4.78, 5) is 22.8. The molecule has 0 radical (unpaired) electrons. The maximum absolute atomic E-state index is 12.6. The summed E-state index contributed by atoms with van der Waals surface area (Å²) < 4.78 is 37.3. The van der Waals surface area contributed by atoms with Crippen molar-refractivity contribution in [2.75, 3.05) is 13.7 Å². The van der Waals surface area contributed by atoms with Crippen molar-refractivity contribution in [2.45, 2.75) is 44.0 Å².